The van der Waals surface area contributed by atoms with Gasteiger partial charge in [0.05, 0.1) is 6.61 Å². The van der Waals surface area contributed by atoms with Gasteiger partial charge in [0.2, 0.25) is 10.0 Å². The van der Waals surface area contributed by atoms with Crippen LogP contribution in [0.15, 0.2) is 17.0 Å². The Kier molecular flexibility index (Phi) is 4.69. The second-order valence-electron chi connectivity index (χ2n) is 5.14. The zero-order valence-corrected chi connectivity index (χ0v) is 12.6. The number of benzene rings is 1. The first-order valence-corrected chi connectivity index (χ1v) is 8.32. The van der Waals surface area contributed by atoms with Crippen molar-refractivity contribution in [1.82, 2.24) is 4.72 Å². The van der Waals surface area contributed by atoms with Crippen molar-refractivity contribution in [3.63, 3.8) is 0 Å². The normalized spacial score (nSPS) is 17.8. The highest BCUT2D eigenvalue weighted by molar-refractivity contribution is 7.89. The van der Waals surface area contributed by atoms with Crippen molar-refractivity contribution in [2.24, 2.45) is 5.92 Å². The van der Waals surface area contributed by atoms with E-state index in [1.54, 1.807) is 6.92 Å². The van der Waals surface area contributed by atoms with E-state index in [1.807, 2.05) is 0 Å². The van der Waals surface area contributed by atoms with Crippen LogP contribution >= 0.6 is 11.6 Å². The molecule has 0 amide bonds. The topological polar surface area (TPSA) is 66.4 Å². The molecule has 1 unspecified atom stereocenters. The van der Waals surface area contributed by atoms with Crippen LogP contribution in [0.25, 0.3) is 0 Å². The van der Waals surface area contributed by atoms with Gasteiger partial charge in [0, 0.05) is 16.6 Å². The summed E-state index contributed by atoms with van der Waals surface area (Å²) in [6.07, 6.45) is 3.05. The average Bonchev–Trinajstić information content (AvgIpc) is 2.28. The van der Waals surface area contributed by atoms with Crippen LogP contribution < -0.4 is 4.72 Å². The molecule has 1 aromatic carbocycles. The van der Waals surface area contributed by atoms with E-state index in [0.717, 1.165) is 25.3 Å². The van der Waals surface area contributed by atoms with Crippen molar-refractivity contribution >= 4 is 21.6 Å². The summed E-state index contributed by atoms with van der Waals surface area (Å²) in [5.41, 5.74) is -0.130. The summed E-state index contributed by atoms with van der Waals surface area (Å²) >= 11 is 5.77. The Morgan fingerprint density at radius 3 is 2.65 bits per heavy atom. The summed E-state index contributed by atoms with van der Waals surface area (Å²) in [5.74, 6) is -0.658. The molecular formula is C13H17ClFNO3S. The second-order valence-corrected chi connectivity index (χ2v) is 7.25. The van der Waals surface area contributed by atoms with Crippen molar-refractivity contribution in [3.05, 3.63) is 28.5 Å². The standard InChI is InChI=1S/C13H17ClFNO3S/c1-8(9-3-2-4-9)16-20(18,19)12-6-11(14)5-10(7-17)13(12)15/h5-6,8-9,16-17H,2-4,7H2,1H3. The number of rotatable bonds is 5. The van der Waals surface area contributed by atoms with Crippen LogP contribution in [-0.2, 0) is 16.6 Å². The molecule has 20 heavy (non-hydrogen) atoms. The highest BCUT2D eigenvalue weighted by atomic mass is 35.5. The quantitative estimate of drug-likeness (QED) is 0.875. The molecule has 112 valence electrons. The fourth-order valence-corrected chi connectivity index (χ4v) is 4.04. The van der Waals surface area contributed by atoms with Gasteiger partial charge in [0.25, 0.3) is 0 Å². The lowest BCUT2D eigenvalue weighted by Crippen LogP contribution is -2.40. The van der Waals surface area contributed by atoms with Gasteiger partial charge in [0.15, 0.2) is 0 Å². The van der Waals surface area contributed by atoms with Crippen molar-refractivity contribution in [3.8, 4) is 0 Å². The lowest BCUT2D eigenvalue weighted by atomic mass is 9.81. The molecule has 0 heterocycles. The molecule has 4 nitrogen and oxygen atoms in total. The SMILES string of the molecule is CC(NS(=O)(=O)c1cc(Cl)cc(CO)c1F)C1CCC1. The third-order valence-electron chi connectivity index (χ3n) is 3.74. The van der Waals surface area contributed by atoms with Gasteiger partial charge >= 0.3 is 0 Å². The molecule has 1 atom stereocenters. The van der Waals surface area contributed by atoms with E-state index < -0.39 is 27.3 Å². The predicted molar refractivity (Wildman–Crippen MR) is 74.5 cm³/mol. The molecule has 0 bridgehead atoms. The van der Waals surface area contributed by atoms with Gasteiger partial charge in [-0.1, -0.05) is 18.0 Å². The molecule has 0 radical (unpaired) electrons. The molecule has 2 rings (SSSR count). The number of sulfonamides is 1. The maximum absolute atomic E-state index is 14.1. The van der Waals surface area contributed by atoms with Crippen molar-refractivity contribution in [1.29, 1.82) is 0 Å². The number of hydrogen-bond acceptors (Lipinski definition) is 3. The van der Waals surface area contributed by atoms with Crippen molar-refractivity contribution < 1.29 is 17.9 Å². The van der Waals surface area contributed by atoms with Gasteiger partial charge in [-0.2, -0.15) is 0 Å². The highest BCUT2D eigenvalue weighted by Crippen LogP contribution is 2.31. The number of aliphatic hydroxyl groups is 1. The van der Waals surface area contributed by atoms with E-state index in [1.165, 1.54) is 6.07 Å². The molecule has 0 saturated heterocycles. The summed E-state index contributed by atoms with van der Waals surface area (Å²) in [7, 11) is -3.99. The van der Waals surface area contributed by atoms with E-state index in [2.05, 4.69) is 4.72 Å². The van der Waals surface area contributed by atoms with Crippen LogP contribution in [-0.4, -0.2) is 19.6 Å². The fourth-order valence-electron chi connectivity index (χ4n) is 2.27. The maximum Gasteiger partial charge on any atom is 0.243 e. The Morgan fingerprint density at radius 1 is 1.50 bits per heavy atom. The lowest BCUT2D eigenvalue weighted by molar-refractivity contribution is 0.260. The molecule has 0 aromatic heterocycles. The van der Waals surface area contributed by atoms with Crippen LogP contribution in [0, 0.1) is 11.7 Å². The zero-order valence-electron chi connectivity index (χ0n) is 11.1. The summed E-state index contributed by atoms with van der Waals surface area (Å²) in [6, 6.07) is 2.03. The minimum atomic E-state index is -3.99. The number of hydrogen-bond donors (Lipinski definition) is 2. The third kappa shape index (κ3) is 3.14. The van der Waals surface area contributed by atoms with Crippen LogP contribution in [0.2, 0.25) is 5.02 Å². The van der Waals surface area contributed by atoms with E-state index in [9.17, 15) is 12.8 Å². The van der Waals surface area contributed by atoms with E-state index in [0.29, 0.717) is 5.92 Å². The predicted octanol–water partition coefficient (Wildman–Crippen LogP) is 2.44. The van der Waals surface area contributed by atoms with Crippen LogP contribution in [0.5, 0.6) is 0 Å². The fraction of sp³-hybridized carbons (Fsp3) is 0.538. The minimum Gasteiger partial charge on any atom is -0.392 e. The monoisotopic (exact) mass is 321 g/mol. The molecule has 1 saturated carbocycles. The first-order chi connectivity index (χ1) is 9.35. The smallest absolute Gasteiger partial charge is 0.243 e. The third-order valence-corrected chi connectivity index (χ3v) is 5.51. The first kappa shape index (κ1) is 15.7. The molecule has 0 aliphatic heterocycles. The molecule has 2 N–H and O–H groups in total. The summed E-state index contributed by atoms with van der Waals surface area (Å²) in [6.45, 7) is 1.17. The van der Waals surface area contributed by atoms with Gasteiger partial charge in [-0.25, -0.2) is 17.5 Å². The van der Waals surface area contributed by atoms with Crippen molar-refractivity contribution in [2.75, 3.05) is 0 Å². The zero-order chi connectivity index (χ0) is 14.9. The minimum absolute atomic E-state index is 0.0760. The number of nitrogens with one attached hydrogen (secondary N) is 1. The van der Waals surface area contributed by atoms with Crippen LogP contribution in [0.3, 0.4) is 0 Å². The average molecular weight is 322 g/mol. The van der Waals surface area contributed by atoms with Gasteiger partial charge in [-0.15, -0.1) is 0 Å². The molecule has 0 spiro atoms. The number of halogens is 2. The second kappa shape index (κ2) is 5.97. The molecule has 1 aliphatic rings. The Labute approximate surface area is 123 Å². The van der Waals surface area contributed by atoms with E-state index in [4.69, 9.17) is 16.7 Å². The summed E-state index contributed by atoms with van der Waals surface area (Å²) in [5, 5.41) is 9.11. The first-order valence-electron chi connectivity index (χ1n) is 6.46. The number of aliphatic hydroxyl groups excluding tert-OH is 1. The maximum atomic E-state index is 14.1. The Balaban J connectivity index is 2.31. The molecule has 1 aromatic rings. The Hall–Kier alpha value is -0.690. The van der Waals surface area contributed by atoms with Gasteiger partial charge in [-0.3, -0.25) is 0 Å². The van der Waals surface area contributed by atoms with Gasteiger partial charge in [0.1, 0.15) is 10.7 Å². The highest BCUT2D eigenvalue weighted by Gasteiger charge is 2.30. The molecular weight excluding hydrogens is 305 g/mol. The Morgan fingerprint density at radius 2 is 2.15 bits per heavy atom. The lowest BCUT2D eigenvalue weighted by Gasteiger charge is -2.31. The summed E-state index contributed by atoms with van der Waals surface area (Å²) in [4.78, 5) is -0.514. The van der Waals surface area contributed by atoms with Crippen LogP contribution in [0.4, 0.5) is 4.39 Å². The van der Waals surface area contributed by atoms with Gasteiger partial charge < -0.3 is 5.11 Å². The van der Waals surface area contributed by atoms with Gasteiger partial charge in [-0.05, 0) is 37.8 Å². The molecule has 1 aliphatic carbocycles. The molecule has 1 fully saturated rings. The van der Waals surface area contributed by atoms with E-state index >= 15 is 0 Å². The Bertz CT molecular complexity index is 602. The molecule has 7 heteroatoms. The summed E-state index contributed by atoms with van der Waals surface area (Å²) < 4.78 is 41.0. The van der Waals surface area contributed by atoms with E-state index in [-0.39, 0.29) is 16.6 Å². The van der Waals surface area contributed by atoms with Crippen LogP contribution in [0.1, 0.15) is 31.7 Å². The largest absolute Gasteiger partial charge is 0.392 e. The van der Waals surface area contributed by atoms with Crippen molar-refractivity contribution in [2.45, 2.75) is 43.7 Å².